The van der Waals surface area contributed by atoms with Crippen molar-refractivity contribution in [2.24, 2.45) is 11.7 Å². The maximum atomic E-state index is 5.98. The van der Waals surface area contributed by atoms with Gasteiger partial charge in [0.2, 0.25) is 0 Å². The standard InChI is InChI=1S/C13H18ClN/c1-9(15)6-10-2-3-12-8-13(14)5-4-11(12)7-10/h4-5,8-10H,2-3,6-7,15H2,1H3. The predicted octanol–water partition coefficient (Wildman–Crippen LogP) is 3.18. The van der Waals surface area contributed by atoms with Crippen LogP contribution >= 0.6 is 11.6 Å². The van der Waals surface area contributed by atoms with Crippen LogP contribution in [-0.4, -0.2) is 6.04 Å². The van der Waals surface area contributed by atoms with Crippen LogP contribution in [0.15, 0.2) is 18.2 Å². The maximum absolute atomic E-state index is 5.98. The molecule has 0 spiro atoms. The maximum Gasteiger partial charge on any atom is 0.0408 e. The van der Waals surface area contributed by atoms with Gasteiger partial charge in [0, 0.05) is 11.1 Å². The molecule has 2 atom stereocenters. The lowest BCUT2D eigenvalue weighted by atomic mass is 9.81. The van der Waals surface area contributed by atoms with Crippen LogP contribution in [0.4, 0.5) is 0 Å². The first-order valence-corrected chi connectivity index (χ1v) is 6.06. The zero-order valence-electron chi connectivity index (χ0n) is 9.17. The van der Waals surface area contributed by atoms with Crippen LogP contribution in [0.3, 0.4) is 0 Å². The van der Waals surface area contributed by atoms with Crippen molar-refractivity contribution in [1.29, 1.82) is 0 Å². The summed E-state index contributed by atoms with van der Waals surface area (Å²) in [5.41, 5.74) is 8.75. The van der Waals surface area contributed by atoms with Gasteiger partial charge >= 0.3 is 0 Å². The lowest BCUT2D eigenvalue weighted by Crippen LogP contribution is -2.23. The summed E-state index contributed by atoms with van der Waals surface area (Å²) in [5, 5.41) is 0.861. The highest BCUT2D eigenvalue weighted by molar-refractivity contribution is 6.30. The molecule has 1 aromatic rings. The zero-order valence-corrected chi connectivity index (χ0v) is 9.93. The molecule has 1 nitrogen and oxygen atoms in total. The fourth-order valence-electron chi connectivity index (χ4n) is 2.53. The van der Waals surface area contributed by atoms with E-state index in [9.17, 15) is 0 Å². The molecule has 0 aliphatic heterocycles. The van der Waals surface area contributed by atoms with Crippen molar-refractivity contribution in [2.75, 3.05) is 0 Å². The summed E-state index contributed by atoms with van der Waals surface area (Å²) in [7, 11) is 0. The fraction of sp³-hybridized carbons (Fsp3) is 0.538. The van der Waals surface area contributed by atoms with E-state index in [1.807, 2.05) is 6.07 Å². The minimum atomic E-state index is 0.323. The summed E-state index contributed by atoms with van der Waals surface area (Å²) < 4.78 is 0. The second-order valence-corrected chi connectivity index (χ2v) is 5.17. The average Bonchev–Trinajstić information content (AvgIpc) is 2.17. The summed E-state index contributed by atoms with van der Waals surface area (Å²) in [4.78, 5) is 0. The van der Waals surface area contributed by atoms with Crippen molar-refractivity contribution in [3.05, 3.63) is 34.3 Å². The lowest BCUT2D eigenvalue weighted by Gasteiger charge is -2.25. The van der Waals surface area contributed by atoms with Crippen LogP contribution in [0.5, 0.6) is 0 Å². The Kier molecular flexibility index (Phi) is 3.32. The van der Waals surface area contributed by atoms with Crippen LogP contribution < -0.4 is 5.73 Å². The first-order chi connectivity index (χ1) is 7.15. The van der Waals surface area contributed by atoms with Gasteiger partial charge in [0.25, 0.3) is 0 Å². The molecule has 0 saturated carbocycles. The Morgan fingerprint density at radius 2 is 2.27 bits per heavy atom. The van der Waals surface area contributed by atoms with Crippen molar-refractivity contribution >= 4 is 11.6 Å². The van der Waals surface area contributed by atoms with Crippen LogP contribution in [0.2, 0.25) is 5.02 Å². The number of hydrogen-bond donors (Lipinski definition) is 1. The Morgan fingerprint density at radius 1 is 1.47 bits per heavy atom. The van der Waals surface area contributed by atoms with Gasteiger partial charge < -0.3 is 5.73 Å². The van der Waals surface area contributed by atoms with E-state index in [0.717, 1.165) is 23.8 Å². The minimum Gasteiger partial charge on any atom is -0.328 e. The normalized spacial score (nSPS) is 22.2. The molecule has 0 fully saturated rings. The summed E-state index contributed by atoms with van der Waals surface area (Å²) in [5.74, 6) is 0.763. The second-order valence-electron chi connectivity index (χ2n) is 4.73. The van der Waals surface area contributed by atoms with Gasteiger partial charge in [-0.2, -0.15) is 0 Å². The highest BCUT2D eigenvalue weighted by atomic mass is 35.5. The molecule has 15 heavy (non-hydrogen) atoms. The van der Waals surface area contributed by atoms with Crippen LogP contribution in [-0.2, 0) is 12.8 Å². The SMILES string of the molecule is CC(N)CC1CCc2cc(Cl)ccc2C1. The first-order valence-electron chi connectivity index (χ1n) is 5.68. The number of benzene rings is 1. The first kappa shape index (κ1) is 11.0. The Balaban J connectivity index is 2.10. The molecule has 0 aromatic heterocycles. The molecule has 0 radical (unpaired) electrons. The Hall–Kier alpha value is -0.530. The van der Waals surface area contributed by atoms with Crippen LogP contribution in [0, 0.1) is 5.92 Å². The van der Waals surface area contributed by atoms with Crippen molar-refractivity contribution in [2.45, 2.75) is 38.6 Å². The lowest BCUT2D eigenvalue weighted by molar-refractivity contribution is 0.398. The van der Waals surface area contributed by atoms with E-state index in [-0.39, 0.29) is 0 Å². The minimum absolute atomic E-state index is 0.323. The number of rotatable bonds is 2. The quantitative estimate of drug-likeness (QED) is 0.819. The third kappa shape index (κ3) is 2.73. The van der Waals surface area contributed by atoms with E-state index in [0.29, 0.717) is 6.04 Å². The highest BCUT2D eigenvalue weighted by Gasteiger charge is 2.19. The zero-order chi connectivity index (χ0) is 10.8. The second kappa shape index (κ2) is 4.54. The Labute approximate surface area is 96.6 Å². The van der Waals surface area contributed by atoms with Gasteiger partial charge in [-0.25, -0.2) is 0 Å². The van der Waals surface area contributed by atoms with Crippen molar-refractivity contribution < 1.29 is 0 Å². The number of fused-ring (bicyclic) bond motifs is 1. The summed E-state index contributed by atoms with van der Waals surface area (Å²) in [6.07, 6.45) is 4.73. The van der Waals surface area contributed by atoms with E-state index in [2.05, 4.69) is 19.1 Å². The molecule has 1 aromatic carbocycles. The van der Waals surface area contributed by atoms with Crippen molar-refractivity contribution in [3.63, 3.8) is 0 Å². The molecule has 1 aliphatic rings. The number of nitrogens with two attached hydrogens (primary N) is 1. The molecule has 2 heteroatoms. The van der Waals surface area contributed by atoms with Crippen molar-refractivity contribution in [1.82, 2.24) is 0 Å². The monoisotopic (exact) mass is 223 g/mol. The number of hydrogen-bond acceptors (Lipinski definition) is 1. The predicted molar refractivity (Wildman–Crippen MR) is 65.2 cm³/mol. The molecule has 2 rings (SSSR count). The molecular weight excluding hydrogens is 206 g/mol. The van der Waals surface area contributed by atoms with Gasteiger partial charge in [0.15, 0.2) is 0 Å². The van der Waals surface area contributed by atoms with Gasteiger partial charge in [0.05, 0.1) is 0 Å². The summed E-state index contributed by atoms with van der Waals surface area (Å²) >= 11 is 5.98. The van der Waals surface area contributed by atoms with E-state index in [1.54, 1.807) is 0 Å². The highest BCUT2D eigenvalue weighted by Crippen LogP contribution is 2.29. The molecule has 82 valence electrons. The van der Waals surface area contributed by atoms with Crippen LogP contribution in [0.25, 0.3) is 0 Å². The third-order valence-corrected chi connectivity index (χ3v) is 3.44. The fourth-order valence-corrected chi connectivity index (χ4v) is 2.72. The van der Waals surface area contributed by atoms with E-state index in [4.69, 9.17) is 17.3 Å². The molecule has 0 bridgehead atoms. The van der Waals surface area contributed by atoms with E-state index in [1.165, 1.54) is 24.0 Å². The molecule has 2 unspecified atom stereocenters. The average molecular weight is 224 g/mol. The van der Waals surface area contributed by atoms with Gasteiger partial charge in [-0.05, 0) is 61.8 Å². The number of halogens is 1. The Morgan fingerprint density at radius 3 is 3.00 bits per heavy atom. The molecule has 1 aliphatic carbocycles. The van der Waals surface area contributed by atoms with Crippen molar-refractivity contribution in [3.8, 4) is 0 Å². The topological polar surface area (TPSA) is 26.0 Å². The molecule has 0 heterocycles. The Bertz CT molecular complexity index is 346. The van der Waals surface area contributed by atoms with Gasteiger partial charge in [0.1, 0.15) is 0 Å². The summed E-state index contributed by atoms with van der Waals surface area (Å²) in [6, 6.07) is 6.60. The van der Waals surface area contributed by atoms with E-state index >= 15 is 0 Å². The third-order valence-electron chi connectivity index (χ3n) is 3.20. The largest absolute Gasteiger partial charge is 0.328 e. The molecule has 0 amide bonds. The molecule has 2 N–H and O–H groups in total. The summed E-state index contributed by atoms with van der Waals surface area (Å²) in [6.45, 7) is 2.09. The number of aryl methyl sites for hydroxylation is 1. The smallest absolute Gasteiger partial charge is 0.0408 e. The van der Waals surface area contributed by atoms with Crippen LogP contribution in [0.1, 0.15) is 30.9 Å². The molecular formula is C13H18ClN. The van der Waals surface area contributed by atoms with Gasteiger partial charge in [-0.15, -0.1) is 0 Å². The van der Waals surface area contributed by atoms with Gasteiger partial charge in [-0.1, -0.05) is 17.7 Å². The molecule has 0 saturated heterocycles. The van der Waals surface area contributed by atoms with Gasteiger partial charge in [-0.3, -0.25) is 0 Å². The van der Waals surface area contributed by atoms with E-state index < -0.39 is 0 Å².